The quantitative estimate of drug-likeness (QED) is 0.474. The fraction of sp³-hybridized carbons (Fsp3) is 0.125. The second-order valence-electron chi connectivity index (χ2n) is 3.17. The normalized spacial score (nSPS) is 11.9. The van der Waals surface area contributed by atoms with Crippen LogP contribution in [0.1, 0.15) is 11.1 Å². The zero-order valence-electron chi connectivity index (χ0n) is 8.60. The maximum atomic E-state index is 12.5. The summed E-state index contributed by atoms with van der Waals surface area (Å²) in [6.45, 7) is 0. The number of rotatable bonds is 2. The maximum Gasteiger partial charge on any atom is 0.416 e. The van der Waals surface area contributed by atoms with Gasteiger partial charge in [0.2, 0.25) is 0 Å². The smallest absolute Gasteiger partial charge is 0.258 e. The molecule has 1 aromatic carbocycles. The van der Waals surface area contributed by atoms with Gasteiger partial charge in [-0.15, -0.1) is 0 Å². The summed E-state index contributed by atoms with van der Waals surface area (Å²) in [7, 11) is 0.133. The molecule has 102 valence electrons. The Kier molecular flexibility index (Phi) is 3.74. The predicted octanol–water partition coefficient (Wildman–Crippen LogP) is 2.41. The van der Waals surface area contributed by atoms with Gasteiger partial charge in [-0.3, -0.25) is 10.1 Å². The standard InChI is InChI=1S/C8H2ClF3N2O4S/c9-19(17,18)7-2-4(8(10,11)12)1-6(14(15)16)5(7)3-13/h1-2H. The molecule has 6 nitrogen and oxygen atoms in total. The van der Waals surface area contributed by atoms with E-state index in [4.69, 9.17) is 15.9 Å². The molecule has 0 saturated heterocycles. The number of hydrogen-bond donors (Lipinski definition) is 0. The molecule has 0 aliphatic carbocycles. The molecule has 0 atom stereocenters. The first kappa shape index (κ1) is 15.2. The molecule has 0 aromatic heterocycles. The van der Waals surface area contributed by atoms with Crippen LogP contribution in [-0.4, -0.2) is 13.3 Å². The average Bonchev–Trinajstić information content (AvgIpc) is 2.24. The second-order valence-corrected chi connectivity index (χ2v) is 5.71. The Morgan fingerprint density at radius 1 is 1.37 bits per heavy atom. The van der Waals surface area contributed by atoms with Crippen LogP contribution in [0.4, 0.5) is 18.9 Å². The molecule has 0 bridgehead atoms. The molecule has 0 spiro atoms. The number of nitro groups is 1. The number of benzene rings is 1. The summed E-state index contributed by atoms with van der Waals surface area (Å²) in [5, 5.41) is 19.2. The number of hydrogen-bond acceptors (Lipinski definition) is 5. The molecule has 0 unspecified atom stereocenters. The minimum atomic E-state index is -5.02. The molecule has 1 rings (SSSR count). The first-order valence-corrected chi connectivity index (χ1v) is 6.54. The van der Waals surface area contributed by atoms with E-state index in [-0.39, 0.29) is 12.1 Å². The predicted molar refractivity (Wildman–Crippen MR) is 55.9 cm³/mol. The van der Waals surface area contributed by atoms with E-state index in [1.54, 1.807) is 0 Å². The lowest BCUT2D eigenvalue weighted by Crippen LogP contribution is -2.09. The molecule has 0 heterocycles. The first-order chi connectivity index (χ1) is 8.48. The molecule has 11 heteroatoms. The van der Waals surface area contributed by atoms with Crippen molar-refractivity contribution in [2.24, 2.45) is 0 Å². The monoisotopic (exact) mass is 314 g/mol. The summed E-state index contributed by atoms with van der Waals surface area (Å²) in [5.74, 6) is 0. The van der Waals surface area contributed by atoms with Gasteiger partial charge in [0.15, 0.2) is 0 Å². The van der Waals surface area contributed by atoms with Gasteiger partial charge in [-0.05, 0) is 6.07 Å². The lowest BCUT2D eigenvalue weighted by Gasteiger charge is -2.09. The molecule has 0 fully saturated rings. The van der Waals surface area contributed by atoms with Crippen molar-refractivity contribution >= 4 is 25.4 Å². The first-order valence-electron chi connectivity index (χ1n) is 4.23. The molecule has 0 amide bonds. The van der Waals surface area contributed by atoms with Gasteiger partial charge >= 0.3 is 6.18 Å². The van der Waals surface area contributed by atoms with Crippen LogP contribution in [0, 0.1) is 21.4 Å². The van der Waals surface area contributed by atoms with Gasteiger partial charge in [0.1, 0.15) is 16.5 Å². The van der Waals surface area contributed by atoms with Crippen molar-refractivity contribution in [1.82, 2.24) is 0 Å². The highest BCUT2D eigenvalue weighted by atomic mass is 35.7. The van der Waals surface area contributed by atoms with Crippen molar-refractivity contribution in [2.45, 2.75) is 11.1 Å². The van der Waals surface area contributed by atoms with Gasteiger partial charge < -0.3 is 0 Å². The van der Waals surface area contributed by atoms with Gasteiger partial charge in [-0.25, -0.2) is 8.42 Å². The molecule has 0 radical (unpaired) electrons. The van der Waals surface area contributed by atoms with E-state index in [1.807, 2.05) is 0 Å². The van der Waals surface area contributed by atoms with Crippen LogP contribution in [0.3, 0.4) is 0 Å². The van der Waals surface area contributed by atoms with Crippen molar-refractivity contribution in [3.05, 3.63) is 33.4 Å². The lowest BCUT2D eigenvalue weighted by molar-refractivity contribution is -0.385. The van der Waals surface area contributed by atoms with Gasteiger partial charge in [-0.1, -0.05) is 0 Å². The van der Waals surface area contributed by atoms with Crippen LogP contribution in [0.15, 0.2) is 17.0 Å². The molecule has 0 N–H and O–H groups in total. The zero-order valence-corrected chi connectivity index (χ0v) is 10.2. The second kappa shape index (κ2) is 4.67. The van der Waals surface area contributed by atoms with Gasteiger partial charge in [0, 0.05) is 16.7 Å². The molecular formula is C8H2ClF3N2O4S. The number of alkyl halides is 3. The minimum absolute atomic E-state index is 0.0735. The molecule has 0 aliphatic heterocycles. The highest BCUT2D eigenvalue weighted by Crippen LogP contribution is 2.37. The molecule has 0 aliphatic rings. The Labute approximate surface area is 108 Å². The summed E-state index contributed by atoms with van der Waals surface area (Å²) < 4.78 is 59.7. The van der Waals surface area contributed by atoms with E-state index in [9.17, 15) is 31.7 Å². The van der Waals surface area contributed by atoms with Crippen LogP contribution in [0.5, 0.6) is 0 Å². The number of nitro benzene ring substituents is 1. The Bertz CT molecular complexity index is 693. The minimum Gasteiger partial charge on any atom is -0.258 e. The van der Waals surface area contributed by atoms with Crippen LogP contribution < -0.4 is 0 Å². The maximum absolute atomic E-state index is 12.5. The Hall–Kier alpha value is -1.86. The van der Waals surface area contributed by atoms with E-state index in [2.05, 4.69) is 0 Å². The molecule has 1 aromatic rings. The lowest BCUT2D eigenvalue weighted by atomic mass is 10.1. The summed E-state index contributed by atoms with van der Waals surface area (Å²) in [6.07, 6.45) is -5.02. The Balaban J connectivity index is 3.87. The van der Waals surface area contributed by atoms with Crippen LogP contribution in [0.25, 0.3) is 0 Å². The van der Waals surface area contributed by atoms with E-state index in [0.717, 1.165) is 6.07 Å². The Morgan fingerprint density at radius 3 is 2.21 bits per heavy atom. The van der Waals surface area contributed by atoms with E-state index < -0.39 is 41.9 Å². The topological polar surface area (TPSA) is 101 Å². The third kappa shape index (κ3) is 3.12. The van der Waals surface area contributed by atoms with Crippen molar-refractivity contribution in [3.8, 4) is 6.07 Å². The number of halogens is 4. The summed E-state index contributed by atoms with van der Waals surface area (Å²) >= 11 is 0. The number of nitrogens with zero attached hydrogens (tertiary/aromatic N) is 2. The van der Waals surface area contributed by atoms with Crippen molar-refractivity contribution in [3.63, 3.8) is 0 Å². The van der Waals surface area contributed by atoms with Crippen LogP contribution in [0.2, 0.25) is 0 Å². The third-order valence-corrected chi connectivity index (χ3v) is 3.33. The molecule has 0 saturated carbocycles. The zero-order chi connectivity index (χ0) is 15.0. The Morgan fingerprint density at radius 2 is 1.89 bits per heavy atom. The van der Waals surface area contributed by atoms with Crippen LogP contribution in [-0.2, 0) is 15.2 Å². The van der Waals surface area contributed by atoms with E-state index >= 15 is 0 Å². The van der Waals surface area contributed by atoms with E-state index in [0.29, 0.717) is 0 Å². The average molecular weight is 315 g/mol. The van der Waals surface area contributed by atoms with Crippen molar-refractivity contribution in [1.29, 1.82) is 5.26 Å². The summed E-state index contributed by atoms with van der Waals surface area (Å²) in [6, 6.07) is 1.31. The summed E-state index contributed by atoms with van der Waals surface area (Å²) in [5.41, 5.74) is -3.91. The van der Waals surface area contributed by atoms with Crippen molar-refractivity contribution in [2.75, 3.05) is 0 Å². The SMILES string of the molecule is N#Cc1c([N+](=O)[O-])cc(C(F)(F)F)cc1S(=O)(=O)Cl. The van der Waals surface area contributed by atoms with Crippen LogP contribution >= 0.6 is 10.7 Å². The van der Waals surface area contributed by atoms with Crippen molar-refractivity contribution < 1.29 is 26.5 Å². The third-order valence-electron chi connectivity index (χ3n) is 1.98. The number of nitriles is 1. The molecular weight excluding hydrogens is 313 g/mol. The largest absolute Gasteiger partial charge is 0.416 e. The van der Waals surface area contributed by atoms with Gasteiger partial charge in [0.05, 0.1) is 10.5 Å². The fourth-order valence-electron chi connectivity index (χ4n) is 1.21. The van der Waals surface area contributed by atoms with Gasteiger partial charge in [-0.2, -0.15) is 18.4 Å². The highest BCUT2D eigenvalue weighted by Gasteiger charge is 2.36. The fourth-order valence-corrected chi connectivity index (χ4v) is 2.24. The molecule has 19 heavy (non-hydrogen) atoms. The highest BCUT2D eigenvalue weighted by molar-refractivity contribution is 8.13. The van der Waals surface area contributed by atoms with E-state index in [1.165, 1.54) is 0 Å². The summed E-state index contributed by atoms with van der Waals surface area (Å²) in [4.78, 5) is 8.04. The van der Waals surface area contributed by atoms with Gasteiger partial charge in [0.25, 0.3) is 14.7 Å².